The predicted molar refractivity (Wildman–Crippen MR) is 77.7 cm³/mol. The van der Waals surface area contributed by atoms with Crippen LogP contribution in [0.25, 0.3) is 0 Å². The van der Waals surface area contributed by atoms with Gasteiger partial charge in [0.15, 0.2) is 0 Å². The van der Waals surface area contributed by atoms with Gasteiger partial charge in [0.2, 0.25) is 10.0 Å². The largest absolute Gasteiger partial charge is 0.387 e. The van der Waals surface area contributed by atoms with Gasteiger partial charge in [-0.05, 0) is 36.8 Å². The topological polar surface area (TPSA) is 66.4 Å². The van der Waals surface area contributed by atoms with Crippen molar-refractivity contribution in [3.8, 4) is 0 Å². The molecule has 0 aliphatic rings. The van der Waals surface area contributed by atoms with Crippen LogP contribution in [0, 0.1) is 18.6 Å². The fourth-order valence-electron chi connectivity index (χ4n) is 1.91. The van der Waals surface area contributed by atoms with E-state index in [2.05, 4.69) is 4.72 Å². The van der Waals surface area contributed by atoms with Crippen LogP contribution < -0.4 is 4.72 Å². The molecular weight excluding hydrogens is 312 g/mol. The molecule has 0 saturated heterocycles. The first kappa shape index (κ1) is 16.5. The molecule has 0 spiro atoms. The van der Waals surface area contributed by atoms with Crippen molar-refractivity contribution >= 4 is 10.0 Å². The lowest BCUT2D eigenvalue weighted by molar-refractivity contribution is 0.177. The first-order valence-corrected chi connectivity index (χ1v) is 7.98. The minimum Gasteiger partial charge on any atom is -0.387 e. The lowest BCUT2D eigenvalue weighted by Gasteiger charge is -2.13. The molecule has 2 aromatic carbocycles. The van der Waals surface area contributed by atoms with Gasteiger partial charge in [0.1, 0.15) is 11.6 Å². The van der Waals surface area contributed by atoms with Crippen molar-refractivity contribution < 1.29 is 22.3 Å². The van der Waals surface area contributed by atoms with E-state index in [1.54, 1.807) is 6.07 Å². The maximum atomic E-state index is 13.5. The minimum absolute atomic E-state index is 0.000451. The number of nitrogens with one attached hydrogen (secondary N) is 1. The van der Waals surface area contributed by atoms with E-state index in [1.807, 2.05) is 0 Å². The number of hydrogen-bond acceptors (Lipinski definition) is 3. The number of hydrogen-bond donors (Lipinski definition) is 2. The fraction of sp³-hybridized carbons (Fsp3) is 0.200. The Kier molecular flexibility index (Phi) is 4.90. The Hall–Kier alpha value is -1.83. The van der Waals surface area contributed by atoms with Crippen molar-refractivity contribution in [3.05, 3.63) is 65.2 Å². The van der Waals surface area contributed by atoms with Gasteiger partial charge in [-0.3, -0.25) is 0 Å². The van der Waals surface area contributed by atoms with Crippen molar-refractivity contribution in [3.63, 3.8) is 0 Å². The highest BCUT2D eigenvalue weighted by Gasteiger charge is 2.19. The van der Waals surface area contributed by atoms with Crippen LogP contribution in [-0.2, 0) is 10.0 Å². The van der Waals surface area contributed by atoms with E-state index in [0.717, 1.165) is 12.1 Å². The molecule has 1 unspecified atom stereocenters. The first-order chi connectivity index (χ1) is 10.3. The van der Waals surface area contributed by atoms with Crippen LogP contribution in [0.15, 0.2) is 47.4 Å². The zero-order valence-corrected chi connectivity index (χ0v) is 12.6. The number of aryl methyl sites for hydroxylation is 1. The van der Waals surface area contributed by atoms with Crippen molar-refractivity contribution in [2.75, 3.05) is 6.54 Å². The molecule has 7 heteroatoms. The second kappa shape index (κ2) is 6.51. The minimum atomic E-state index is -3.91. The Bertz CT molecular complexity index is 778. The molecule has 118 valence electrons. The molecule has 0 radical (unpaired) electrons. The van der Waals surface area contributed by atoms with Crippen LogP contribution in [0.5, 0.6) is 0 Å². The quantitative estimate of drug-likeness (QED) is 0.885. The van der Waals surface area contributed by atoms with Gasteiger partial charge in [0.25, 0.3) is 0 Å². The molecule has 4 nitrogen and oxygen atoms in total. The van der Waals surface area contributed by atoms with E-state index in [1.165, 1.54) is 31.2 Å². The molecule has 0 fully saturated rings. The highest BCUT2D eigenvalue weighted by molar-refractivity contribution is 7.89. The number of aliphatic hydroxyl groups is 1. The SMILES string of the molecule is Cc1cc(S(=O)(=O)NCC(O)c2ccccc2F)ccc1F. The third-order valence-corrected chi connectivity index (χ3v) is 4.59. The summed E-state index contributed by atoms with van der Waals surface area (Å²) in [5.41, 5.74) is 0.193. The maximum Gasteiger partial charge on any atom is 0.240 e. The number of halogens is 2. The summed E-state index contributed by atoms with van der Waals surface area (Å²) in [4.78, 5) is -0.118. The van der Waals surface area contributed by atoms with Gasteiger partial charge < -0.3 is 5.11 Å². The Morgan fingerprint density at radius 1 is 1.14 bits per heavy atom. The van der Waals surface area contributed by atoms with Crippen molar-refractivity contribution in [2.45, 2.75) is 17.9 Å². The van der Waals surface area contributed by atoms with Gasteiger partial charge in [-0.15, -0.1) is 0 Å². The third kappa shape index (κ3) is 3.68. The number of sulfonamides is 1. The monoisotopic (exact) mass is 327 g/mol. The van der Waals surface area contributed by atoms with Gasteiger partial charge in [-0.2, -0.15) is 0 Å². The van der Waals surface area contributed by atoms with Gasteiger partial charge >= 0.3 is 0 Å². The summed E-state index contributed by atoms with van der Waals surface area (Å²) in [5.74, 6) is -1.13. The van der Waals surface area contributed by atoms with Crippen LogP contribution >= 0.6 is 0 Å². The summed E-state index contributed by atoms with van der Waals surface area (Å²) in [7, 11) is -3.91. The maximum absolute atomic E-state index is 13.5. The van der Waals surface area contributed by atoms with Crippen LogP contribution in [0.2, 0.25) is 0 Å². The smallest absolute Gasteiger partial charge is 0.240 e. The summed E-state index contributed by atoms with van der Waals surface area (Å²) in [6, 6.07) is 8.92. The molecule has 0 aromatic heterocycles. The molecule has 0 aliphatic heterocycles. The van der Waals surface area contributed by atoms with E-state index in [-0.39, 0.29) is 22.6 Å². The van der Waals surface area contributed by atoms with Crippen LogP contribution in [-0.4, -0.2) is 20.1 Å². The van der Waals surface area contributed by atoms with E-state index >= 15 is 0 Å². The summed E-state index contributed by atoms with van der Waals surface area (Å²) < 4.78 is 53.0. The molecule has 1 atom stereocenters. The molecule has 0 saturated carbocycles. The lowest BCUT2D eigenvalue weighted by atomic mass is 10.1. The number of benzene rings is 2. The molecule has 0 heterocycles. The molecule has 2 aromatic rings. The molecule has 0 aliphatic carbocycles. The van der Waals surface area contributed by atoms with Gasteiger partial charge in [0.05, 0.1) is 11.0 Å². The average Bonchev–Trinajstić information content (AvgIpc) is 2.48. The predicted octanol–water partition coefficient (Wildman–Crippen LogP) is 2.29. The standard InChI is InChI=1S/C15H15F2NO3S/c1-10-8-11(6-7-13(10)16)22(20,21)18-9-15(19)12-4-2-3-5-14(12)17/h2-8,15,18-19H,9H2,1H3. The second-order valence-electron chi connectivity index (χ2n) is 4.80. The van der Waals surface area contributed by atoms with Gasteiger partial charge in [0, 0.05) is 12.1 Å². The van der Waals surface area contributed by atoms with Crippen molar-refractivity contribution in [1.82, 2.24) is 4.72 Å². The Morgan fingerprint density at radius 3 is 2.45 bits per heavy atom. The molecule has 2 N–H and O–H groups in total. The van der Waals surface area contributed by atoms with E-state index < -0.39 is 27.8 Å². The second-order valence-corrected chi connectivity index (χ2v) is 6.57. The Balaban J connectivity index is 2.13. The van der Waals surface area contributed by atoms with E-state index in [4.69, 9.17) is 0 Å². The van der Waals surface area contributed by atoms with Gasteiger partial charge in [-0.1, -0.05) is 18.2 Å². The third-order valence-electron chi connectivity index (χ3n) is 3.17. The first-order valence-electron chi connectivity index (χ1n) is 6.49. The zero-order valence-electron chi connectivity index (χ0n) is 11.8. The summed E-state index contributed by atoms with van der Waals surface area (Å²) in [5, 5.41) is 9.88. The zero-order chi connectivity index (χ0) is 16.3. The van der Waals surface area contributed by atoms with Crippen molar-refractivity contribution in [2.24, 2.45) is 0 Å². The lowest BCUT2D eigenvalue weighted by Crippen LogP contribution is -2.29. The highest BCUT2D eigenvalue weighted by Crippen LogP contribution is 2.18. The average molecular weight is 327 g/mol. The van der Waals surface area contributed by atoms with Crippen LogP contribution in [0.1, 0.15) is 17.2 Å². The Morgan fingerprint density at radius 2 is 1.82 bits per heavy atom. The van der Waals surface area contributed by atoms with Gasteiger partial charge in [-0.25, -0.2) is 21.9 Å². The molecule has 0 bridgehead atoms. The molecular formula is C15H15F2NO3S. The number of aliphatic hydroxyl groups excluding tert-OH is 1. The molecule has 2 rings (SSSR count). The summed E-state index contributed by atoms with van der Waals surface area (Å²) in [6.07, 6.45) is -1.32. The van der Waals surface area contributed by atoms with Crippen LogP contribution in [0.3, 0.4) is 0 Å². The fourth-order valence-corrected chi connectivity index (χ4v) is 3.03. The van der Waals surface area contributed by atoms with Crippen molar-refractivity contribution in [1.29, 1.82) is 0 Å². The van der Waals surface area contributed by atoms with E-state index in [0.29, 0.717) is 0 Å². The highest BCUT2D eigenvalue weighted by atomic mass is 32.2. The van der Waals surface area contributed by atoms with Crippen LogP contribution in [0.4, 0.5) is 8.78 Å². The summed E-state index contributed by atoms with van der Waals surface area (Å²) in [6.45, 7) is 1.06. The van der Waals surface area contributed by atoms with E-state index in [9.17, 15) is 22.3 Å². The number of rotatable bonds is 5. The summed E-state index contributed by atoms with van der Waals surface area (Å²) >= 11 is 0. The normalized spacial score (nSPS) is 13.1. The Labute approximate surface area is 127 Å². The molecule has 0 amide bonds. The molecule has 22 heavy (non-hydrogen) atoms.